The van der Waals surface area contributed by atoms with E-state index in [4.69, 9.17) is 4.74 Å². The van der Waals surface area contributed by atoms with Gasteiger partial charge in [-0.1, -0.05) is 45.0 Å². The van der Waals surface area contributed by atoms with Crippen LogP contribution in [0.4, 0.5) is 5.69 Å². The topological polar surface area (TPSA) is 67.0 Å². The van der Waals surface area contributed by atoms with Crippen LogP contribution in [0.1, 0.15) is 37.5 Å². The first-order valence-corrected chi connectivity index (χ1v) is 10.5. The molecular weight excluding hydrogens is 398 g/mol. The summed E-state index contributed by atoms with van der Waals surface area (Å²) in [7, 11) is 1.58. The Labute approximate surface area is 188 Å². The van der Waals surface area contributed by atoms with Gasteiger partial charge in [-0.05, 0) is 52.4 Å². The van der Waals surface area contributed by atoms with E-state index in [1.807, 2.05) is 36.5 Å². The molecule has 0 atom stereocenters. The number of anilines is 1. The Morgan fingerprint density at radius 1 is 1.00 bits per heavy atom. The first-order chi connectivity index (χ1) is 15.3. The Hall–Kier alpha value is -3.86. The highest BCUT2D eigenvalue weighted by Gasteiger charge is 2.15. The molecule has 2 aromatic heterocycles. The zero-order chi connectivity index (χ0) is 22.7. The minimum Gasteiger partial charge on any atom is -0.481 e. The number of aromatic nitrogens is 2. The number of rotatable bonds is 5. The Bertz CT molecular complexity index is 1260. The van der Waals surface area contributed by atoms with Gasteiger partial charge >= 0.3 is 0 Å². The number of hydrogen-bond donors (Lipinski definition) is 2. The molecule has 32 heavy (non-hydrogen) atoms. The molecule has 4 aromatic rings. The number of carbonyl (C=O) groups is 1. The molecule has 1 amide bonds. The highest BCUT2D eigenvalue weighted by molar-refractivity contribution is 6.06. The predicted octanol–water partition coefficient (Wildman–Crippen LogP) is 5.94. The number of amides is 1. The molecule has 2 N–H and O–H groups in total. The third-order valence-electron chi connectivity index (χ3n) is 5.41. The van der Waals surface area contributed by atoms with Crippen molar-refractivity contribution in [2.24, 2.45) is 0 Å². The molecule has 5 nitrogen and oxygen atoms in total. The van der Waals surface area contributed by atoms with Crippen molar-refractivity contribution in [3.05, 3.63) is 95.8 Å². The summed E-state index contributed by atoms with van der Waals surface area (Å²) in [6, 6.07) is 19.8. The maximum Gasteiger partial charge on any atom is 0.249 e. The molecule has 0 aliphatic rings. The van der Waals surface area contributed by atoms with E-state index in [2.05, 4.69) is 60.3 Å². The van der Waals surface area contributed by atoms with Crippen molar-refractivity contribution in [1.29, 1.82) is 0 Å². The molecule has 0 unspecified atom stereocenters. The SMILES string of the molecule is COc1ccc(/C(=C\C(=O)Nc2ccc3[nH]ccc3c2)c2ccc(C(C)(C)C)cc2)cn1. The van der Waals surface area contributed by atoms with Crippen molar-refractivity contribution in [3.63, 3.8) is 0 Å². The van der Waals surface area contributed by atoms with Crippen molar-refractivity contribution in [2.75, 3.05) is 12.4 Å². The summed E-state index contributed by atoms with van der Waals surface area (Å²) in [6.07, 6.45) is 5.23. The zero-order valence-corrected chi connectivity index (χ0v) is 18.8. The van der Waals surface area contributed by atoms with Gasteiger partial charge < -0.3 is 15.0 Å². The van der Waals surface area contributed by atoms with Gasteiger partial charge in [0.2, 0.25) is 11.8 Å². The van der Waals surface area contributed by atoms with Crippen molar-refractivity contribution < 1.29 is 9.53 Å². The minimum atomic E-state index is -0.203. The average Bonchev–Trinajstić information content (AvgIpc) is 3.25. The molecule has 2 heterocycles. The predicted molar refractivity (Wildman–Crippen MR) is 130 cm³/mol. The van der Waals surface area contributed by atoms with E-state index < -0.39 is 0 Å². The van der Waals surface area contributed by atoms with Crippen LogP contribution in [0.2, 0.25) is 0 Å². The van der Waals surface area contributed by atoms with Gasteiger partial charge in [0, 0.05) is 46.7 Å². The van der Waals surface area contributed by atoms with E-state index >= 15 is 0 Å². The maximum atomic E-state index is 13.0. The van der Waals surface area contributed by atoms with Crippen molar-refractivity contribution in [2.45, 2.75) is 26.2 Å². The van der Waals surface area contributed by atoms with E-state index in [9.17, 15) is 4.79 Å². The lowest BCUT2D eigenvalue weighted by Gasteiger charge is -2.19. The number of benzene rings is 2. The molecule has 0 aliphatic carbocycles. The van der Waals surface area contributed by atoms with Crippen LogP contribution in [0.15, 0.2) is 79.1 Å². The molecule has 0 radical (unpaired) electrons. The molecule has 2 aromatic carbocycles. The number of nitrogens with zero attached hydrogens (tertiary/aromatic N) is 1. The molecule has 162 valence electrons. The maximum absolute atomic E-state index is 13.0. The Morgan fingerprint density at radius 3 is 2.41 bits per heavy atom. The largest absolute Gasteiger partial charge is 0.481 e. The van der Waals surface area contributed by atoms with E-state index in [0.29, 0.717) is 5.88 Å². The van der Waals surface area contributed by atoms with Crippen molar-refractivity contribution in [3.8, 4) is 5.88 Å². The van der Waals surface area contributed by atoms with Crippen LogP contribution in [0, 0.1) is 0 Å². The molecule has 4 rings (SSSR count). The fraction of sp³-hybridized carbons (Fsp3) is 0.185. The molecule has 0 bridgehead atoms. The van der Waals surface area contributed by atoms with Gasteiger partial charge in [0.15, 0.2) is 0 Å². The van der Waals surface area contributed by atoms with E-state index in [1.165, 1.54) is 5.56 Å². The summed E-state index contributed by atoms with van der Waals surface area (Å²) in [6.45, 7) is 6.54. The van der Waals surface area contributed by atoms with Crippen LogP contribution in [0.5, 0.6) is 5.88 Å². The lowest BCUT2D eigenvalue weighted by atomic mass is 9.86. The number of aromatic amines is 1. The number of methoxy groups -OCH3 is 1. The minimum absolute atomic E-state index is 0.0539. The third-order valence-corrected chi connectivity index (χ3v) is 5.41. The quantitative estimate of drug-likeness (QED) is 0.389. The van der Waals surface area contributed by atoms with Crippen LogP contribution in [0.3, 0.4) is 0 Å². The molecular formula is C27H27N3O2. The van der Waals surface area contributed by atoms with Gasteiger partial charge in [-0.2, -0.15) is 0 Å². The van der Waals surface area contributed by atoms with E-state index in [0.717, 1.165) is 33.3 Å². The Balaban J connectivity index is 1.68. The molecule has 0 saturated carbocycles. The summed E-state index contributed by atoms with van der Waals surface area (Å²) in [4.78, 5) is 20.4. The smallest absolute Gasteiger partial charge is 0.249 e. The number of ether oxygens (including phenoxy) is 1. The van der Waals surface area contributed by atoms with Crippen molar-refractivity contribution >= 4 is 28.1 Å². The summed E-state index contributed by atoms with van der Waals surface area (Å²) in [5.41, 5.74) is 5.64. The molecule has 0 spiro atoms. The fourth-order valence-electron chi connectivity index (χ4n) is 3.58. The van der Waals surface area contributed by atoms with E-state index in [1.54, 1.807) is 25.4 Å². The van der Waals surface area contributed by atoms with Crippen molar-refractivity contribution in [1.82, 2.24) is 9.97 Å². The number of carbonyl (C=O) groups excluding carboxylic acids is 1. The number of fused-ring (bicyclic) bond motifs is 1. The summed E-state index contributed by atoms with van der Waals surface area (Å²) in [5.74, 6) is 0.325. The number of nitrogens with one attached hydrogen (secondary N) is 2. The summed E-state index contributed by atoms with van der Waals surface area (Å²) < 4.78 is 5.18. The third kappa shape index (κ3) is 4.72. The molecule has 5 heteroatoms. The molecule has 0 fully saturated rings. The number of hydrogen-bond acceptors (Lipinski definition) is 3. The monoisotopic (exact) mass is 425 g/mol. The summed E-state index contributed by atoms with van der Waals surface area (Å²) >= 11 is 0. The lowest BCUT2D eigenvalue weighted by Crippen LogP contribution is -2.11. The van der Waals surface area contributed by atoms with Crippen LogP contribution in [-0.4, -0.2) is 23.0 Å². The van der Waals surface area contributed by atoms with Crippen LogP contribution in [-0.2, 0) is 10.2 Å². The second-order valence-corrected chi connectivity index (χ2v) is 8.74. The van der Waals surface area contributed by atoms with Gasteiger partial charge in [0.1, 0.15) is 0 Å². The lowest BCUT2D eigenvalue weighted by molar-refractivity contribution is -0.111. The normalized spacial score (nSPS) is 12.1. The van der Waals surface area contributed by atoms with Gasteiger partial charge in [0.05, 0.1) is 7.11 Å². The van der Waals surface area contributed by atoms with Crippen LogP contribution < -0.4 is 10.1 Å². The molecule has 0 saturated heterocycles. The first kappa shape index (κ1) is 21.4. The fourth-order valence-corrected chi connectivity index (χ4v) is 3.58. The second kappa shape index (κ2) is 8.71. The van der Waals surface area contributed by atoms with Gasteiger partial charge in [0.25, 0.3) is 0 Å². The Morgan fingerprint density at radius 2 is 1.75 bits per heavy atom. The second-order valence-electron chi connectivity index (χ2n) is 8.74. The van der Waals surface area contributed by atoms with Gasteiger partial charge in [-0.25, -0.2) is 4.98 Å². The van der Waals surface area contributed by atoms with Crippen LogP contribution >= 0.6 is 0 Å². The van der Waals surface area contributed by atoms with Crippen LogP contribution in [0.25, 0.3) is 16.5 Å². The standard InChI is InChI=1S/C27H27N3O2/c1-27(2,3)21-8-5-18(6-9-21)23(20-7-12-26(32-4)29-17-20)16-25(31)30-22-10-11-24-19(15-22)13-14-28-24/h5-17,28H,1-4H3,(H,30,31)/b23-16-. The van der Waals surface area contributed by atoms with Gasteiger partial charge in [-0.15, -0.1) is 0 Å². The number of H-pyrrole nitrogens is 1. The zero-order valence-electron chi connectivity index (χ0n) is 18.8. The summed E-state index contributed by atoms with van der Waals surface area (Å²) in [5, 5.41) is 4.02. The highest BCUT2D eigenvalue weighted by atomic mass is 16.5. The highest BCUT2D eigenvalue weighted by Crippen LogP contribution is 2.28. The Kier molecular flexibility index (Phi) is 5.82. The van der Waals surface area contributed by atoms with E-state index in [-0.39, 0.29) is 11.3 Å². The first-order valence-electron chi connectivity index (χ1n) is 10.5. The number of pyridine rings is 1. The molecule has 0 aliphatic heterocycles. The average molecular weight is 426 g/mol. The van der Waals surface area contributed by atoms with Gasteiger partial charge in [-0.3, -0.25) is 4.79 Å².